The van der Waals surface area contributed by atoms with Crippen LogP contribution in [0, 0.1) is 6.92 Å². The fraction of sp³-hybridized carbons (Fsp3) is 0.235. The number of hydrogen-bond donors (Lipinski definition) is 2. The highest BCUT2D eigenvalue weighted by Gasteiger charge is 2.02. The molecule has 0 aliphatic carbocycles. The lowest BCUT2D eigenvalue weighted by Gasteiger charge is -2.07. The van der Waals surface area contributed by atoms with Crippen LogP contribution in [0.4, 0.5) is 0 Å². The molecule has 1 aromatic carbocycles. The normalized spacial score (nSPS) is 11.0. The van der Waals surface area contributed by atoms with Gasteiger partial charge in [-0.15, -0.1) is 0 Å². The van der Waals surface area contributed by atoms with Gasteiger partial charge >= 0.3 is 5.69 Å². The van der Waals surface area contributed by atoms with Crippen molar-refractivity contribution in [1.29, 1.82) is 0 Å². The number of primary amides is 1. The number of aryl methyl sites for hydroxylation is 2. The third kappa shape index (κ3) is 4.81. The monoisotopic (exact) mass is 313 g/mol. The molecule has 1 aromatic heterocycles. The van der Waals surface area contributed by atoms with E-state index in [0.29, 0.717) is 12.1 Å². The molecule has 23 heavy (non-hydrogen) atoms. The van der Waals surface area contributed by atoms with Crippen LogP contribution in [0.3, 0.4) is 0 Å². The lowest BCUT2D eigenvalue weighted by Crippen LogP contribution is -2.31. The SMILES string of the molecule is Cc1cn(Cc2ccc(CC/C=C/C(N)=O)cc2)c(=O)[nH]c1=O. The number of nitrogens with two attached hydrogens (primary N) is 1. The highest BCUT2D eigenvalue weighted by atomic mass is 16.2. The molecule has 0 atom stereocenters. The van der Waals surface area contributed by atoms with E-state index in [9.17, 15) is 14.4 Å². The standard InChI is InChI=1S/C17H19N3O3/c1-12-10-20(17(23)19-16(12)22)11-14-8-6-13(7-9-14)4-2-3-5-15(18)21/h3,5-10H,2,4,11H2,1H3,(H2,18,21)(H,19,22,23)/b5-3+. The van der Waals surface area contributed by atoms with Crippen LogP contribution in [0.5, 0.6) is 0 Å². The van der Waals surface area contributed by atoms with Crippen LogP contribution >= 0.6 is 0 Å². The summed E-state index contributed by atoms with van der Waals surface area (Å²) in [6.45, 7) is 2.07. The Hall–Kier alpha value is -2.89. The Morgan fingerprint density at radius 3 is 2.52 bits per heavy atom. The van der Waals surface area contributed by atoms with Crippen LogP contribution in [0.15, 0.2) is 52.2 Å². The van der Waals surface area contributed by atoms with Gasteiger partial charge in [-0.25, -0.2) is 4.79 Å². The number of carbonyl (C=O) groups is 1. The van der Waals surface area contributed by atoms with E-state index < -0.39 is 11.6 Å². The highest BCUT2D eigenvalue weighted by Crippen LogP contribution is 2.08. The largest absolute Gasteiger partial charge is 0.366 e. The Morgan fingerprint density at radius 1 is 1.22 bits per heavy atom. The van der Waals surface area contributed by atoms with Gasteiger partial charge in [-0.1, -0.05) is 30.3 Å². The van der Waals surface area contributed by atoms with E-state index in [4.69, 9.17) is 5.73 Å². The molecule has 3 N–H and O–H groups in total. The molecule has 0 fully saturated rings. The third-order valence-corrected chi connectivity index (χ3v) is 3.45. The Kier molecular flexibility index (Phi) is 5.30. The molecule has 120 valence electrons. The fourth-order valence-corrected chi connectivity index (χ4v) is 2.19. The molecule has 0 radical (unpaired) electrons. The van der Waals surface area contributed by atoms with Crippen molar-refractivity contribution in [3.63, 3.8) is 0 Å². The molecule has 1 heterocycles. The second-order valence-electron chi connectivity index (χ2n) is 5.36. The lowest BCUT2D eigenvalue weighted by atomic mass is 10.1. The van der Waals surface area contributed by atoms with Crippen LogP contribution < -0.4 is 17.0 Å². The minimum Gasteiger partial charge on any atom is -0.366 e. The van der Waals surface area contributed by atoms with Crippen LogP contribution in [-0.2, 0) is 17.8 Å². The molecule has 0 unspecified atom stereocenters. The molecule has 6 heteroatoms. The number of aromatic nitrogens is 2. The summed E-state index contributed by atoms with van der Waals surface area (Å²) in [7, 11) is 0. The van der Waals surface area contributed by atoms with Crippen LogP contribution in [0.2, 0.25) is 0 Å². The quantitative estimate of drug-likeness (QED) is 0.774. The number of allylic oxidation sites excluding steroid dienone is 1. The van der Waals surface area contributed by atoms with Gasteiger partial charge in [0.15, 0.2) is 0 Å². The maximum Gasteiger partial charge on any atom is 0.328 e. The second-order valence-corrected chi connectivity index (χ2v) is 5.36. The van der Waals surface area contributed by atoms with Crippen LogP contribution in [0.25, 0.3) is 0 Å². The van der Waals surface area contributed by atoms with Gasteiger partial charge in [0, 0.05) is 11.8 Å². The van der Waals surface area contributed by atoms with Gasteiger partial charge in [-0.2, -0.15) is 0 Å². The van der Waals surface area contributed by atoms with Gasteiger partial charge in [0.25, 0.3) is 5.56 Å². The average molecular weight is 313 g/mol. The van der Waals surface area contributed by atoms with E-state index in [1.165, 1.54) is 10.6 Å². The summed E-state index contributed by atoms with van der Waals surface area (Å²) in [6, 6.07) is 7.86. The molecule has 0 bridgehead atoms. The van der Waals surface area contributed by atoms with Gasteiger partial charge in [-0.05, 0) is 37.0 Å². The summed E-state index contributed by atoms with van der Waals surface area (Å²) in [4.78, 5) is 36.0. The number of H-pyrrole nitrogens is 1. The zero-order valence-electron chi connectivity index (χ0n) is 12.9. The van der Waals surface area contributed by atoms with Crippen molar-refractivity contribution in [2.45, 2.75) is 26.3 Å². The zero-order chi connectivity index (χ0) is 16.8. The first-order valence-electron chi connectivity index (χ1n) is 7.30. The minimum atomic E-state index is -0.443. The number of nitrogens with zero attached hydrogens (tertiary/aromatic N) is 1. The number of nitrogens with one attached hydrogen (secondary N) is 1. The number of rotatable bonds is 6. The fourth-order valence-electron chi connectivity index (χ4n) is 2.19. The first-order valence-corrected chi connectivity index (χ1v) is 7.30. The van der Waals surface area contributed by atoms with Gasteiger partial charge in [-0.3, -0.25) is 19.1 Å². The average Bonchev–Trinajstić information content (AvgIpc) is 2.50. The minimum absolute atomic E-state index is 0.356. The molecule has 1 amide bonds. The Labute approximate surface area is 133 Å². The van der Waals surface area contributed by atoms with Crippen LogP contribution in [-0.4, -0.2) is 15.5 Å². The van der Waals surface area contributed by atoms with E-state index >= 15 is 0 Å². The summed E-state index contributed by atoms with van der Waals surface area (Å²) in [5.74, 6) is -0.443. The van der Waals surface area contributed by atoms with Gasteiger partial charge < -0.3 is 5.73 Å². The van der Waals surface area contributed by atoms with Crippen molar-refractivity contribution in [3.05, 3.63) is 80.1 Å². The van der Waals surface area contributed by atoms with E-state index in [-0.39, 0.29) is 5.56 Å². The van der Waals surface area contributed by atoms with Crippen molar-refractivity contribution < 1.29 is 4.79 Å². The lowest BCUT2D eigenvalue weighted by molar-refractivity contribution is -0.113. The Balaban J connectivity index is 2.03. The van der Waals surface area contributed by atoms with Crippen molar-refractivity contribution >= 4 is 5.91 Å². The number of hydrogen-bond acceptors (Lipinski definition) is 3. The van der Waals surface area contributed by atoms with Gasteiger partial charge in [0.2, 0.25) is 5.91 Å². The molecule has 0 aliphatic rings. The molecule has 2 rings (SSSR count). The van der Waals surface area contributed by atoms with Gasteiger partial charge in [0.1, 0.15) is 0 Å². The number of amides is 1. The zero-order valence-corrected chi connectivity index (χ0v) is 12.9. The van der Waals surface area contributed by atoms with E-state index in [2.05, 4.69) is 4.98 Å². The van der Waals surface area contributed by atoms with Crippen molar-refractivity contribution in [1.82, 2.24) is 9.55 Å². The van der Waals surface area contributed by atoms with Crippen molar-refractivity contribution in [2.24, 2.45) is 5.73 Å². The van der Waals surface area contributed by atoms with E-state index in [1.54, 1.807) is 19.2 Å². The summed E-state index contributed by atoms with van der Waals surface area (Å²) < 4.78 is 1.47. The summed E-state index contributed by atoms with van der Waals surface area (Å²) in [5, 5.41) is 0. The molecule has 0 spiro atoms. The Morgan fingerprint density at radius 2 is 1.87 bits per heavy atom. The molecule has 0 saturated carbocycles. The Bertz CT molecular complexity index is 829. The first kappa shape index (κ1) is 16.5. The highest BCUT2D eigenvalue weighted by molar-refractivity contribution is 5.85. The molecule has 6 nitrogen and oxygen atoms in total. The number of benzene rings is 1. The second kappa shape index (κ2) is 7.40. The van der Waals surface area contributed by atoms with Crippen molar-refractivity contribution in [3.8, 4) is 0 Å². The summed E-state index contributed by atoms with van der Waals surface area (Å²) in [5.41, 5.74) is 6.85. The predicted molar refractivity (Wildman–Crippen MR) is 88.3 cm³/mol. The summed E-state index contributed by atoms with van der Waals surface area (Å²) in [6.07, 6.45) is 6.21. The van der Waals surface area contributed by atoms with Crippen molar-refractivity contribution in [2.75, 3.05) is 0 Å². The molecule has 0 saturated heterocycles. The number of aromatic amines is 1. The first-order chi connectivity index (χ1) is 11.0. The summed E-state index contributed by atoms with van der Waals surface area (Å²) >= 11 is 0. The maximum absolute atomic E-state index is 11.8. The predicted octanol–water partition coefficient (Wildman–Crippen LogP) is 0.867. The van der Waals surface area contributed by atoms with Gasteiger partial charge in [0.05, 0.1) is 6.54 Å². The third-order valence-electron chi connectivity index (χ3n) is 3.45. The molecule has 2 aromatic rings. The molecular formula is C17H19N3O3. The van der Waals surface area contributed by atoms with E-state index in [1.807, 2.05) is 24.3 Å². The number of carbonyl (C=O) groups excluding carboxylic acids is 1. The van der Waals surface area contributed by atoms with Crippen LogP contribution in [0.1, 0.15) is 23.1 Å². The maximum atomic E-state index is 11.8. The smallest absolute Gasteiger partial charge is 0.328 e. The van der Waals surface area contributed by atoms with E-state index in [0.717, 1.165) is 24.0 Å². The topological polar surface area (TPSA) is 97.9 Å². The molecule has 0 aliphatic heterocycles. The molecular weight excluding hydrogens is 294 g/mol.